The predicted molar refractivity (Wildman–Crippen MR) is 77.8 cm³/mol. The molecule has 1 aromatic rings. The fraction of sp³-hybridized carbons (Fsp3) is 0.571. The lowest BCUT2D eigenvalue weighted by Gasteiger charge is -2.27. The van der Waals surface area contributed by atoms with E-state index in [1.165, 1.54) is 31.7 Å². The third-order valence-electron chi connectivity index (χ3n) is 3.76. The molecule has 0 saturated heterocycles. The first-order valence-electron chi connectivity index (χ1n) is 6.36. The number of hydrogen-bond donors (Lipinski definition) is 1. The summed E-state index contributed by atoms with van der Waals surface area (Å²) in [5, 5.41) is 3.88. The van der Waals surface area contributed by atoms with Crippen LogP contribution < -0.4 is 5.32 Å². The van der Waals surface area contributed by atoms with E-state index in [2.05, 4.69) is 11.6 Å². The van der Waals surface area contributed by atoms with Crippen LogP contribution in [0.15, 0.2) is 18.2 Å². The van der Waals surface area contributed by atoms with Crippen molar-refractivity contribution < 1.29 is 4.39 Å². The molecule has 1 N–H and O–H groups in total. The molecule has 100 valence electrons. The summed E-state index contributed by atoms with van der Waals surface area (Å²) < 4.78 is 13.9. The molecule has 0 unspecified atom stereocenters. The molecule has 1 aliphatic rings. The number of benzene rings is 1. The number of rotatable bonds is 5. The Labute approximate surface area is 117 Å². The normalized spacial score (nSPS) is 18.2. The SMILES string of the molecule is CSC1(CNCc2c(F)cccc2Cl)CCCC1. The molecule has 0 amide bonds. The van der Waals surface area contributed by atoms with Gasteiger partial charge in [0.25, 0.3) is 0 Å². The summed E-state index contributed by atoms with van der Waals surface area (Å²) >= 11 is 7.94. The lowest BCUT2D eigenvalue weighted by Crippen LogP contribution is -2.34. The number of hydrogen-bond acceptors (Lipinski definition) is 2. The Hall–Kier alpha value is -0.250. The molecular formula is C14H19ClFNS. The summed E-state index contributed by atoms with van der Waals surface area (Å²) in [6, 6.07) is 4.84. The monoisotopic (exact) mass is 287 g/mol. The zero-order valence-corrected chi connectivity index (χ0v) is 12.2. The Morgan fingerprint density at radius 2 is 2.11 bits per heavy atom. The number of thioether (sulfide) groups is 1. The maximum absolute atomic E-state index is 13.6. The zero-order chi connectivity index (χ0) is 13.0. The first-order valence-corrected chi connectivity index (χ1v) is 7.96. The first-order chi connectivity index (χ1) is 8.67. The highest BCUT2D eigenvalue weighted by atomic mass is 35.5. The third kappa shape index (κ3) is 3.19. The highest BCUT2D eigenvalue weighted by molar-refractivity contribution is 8.00. The van der Waals surface area contributed by atoms with E-state index in [1.807, 2.05) is 11.8 Å². The number of nitrogens with one attached hydrogen (secondary N) is 1. The Bertz CT molecular complexity index is 385. The van der Waals surface area contributed by atoms with Crippen LogP contribution in [0.5, 0.6) is 0 Å². The van der Waals surface area contributed by atoms with Gasteiger partial charge in [-0.25, -0.2) is 4.39 Å². The fourth-order valence-electron chi connectivity index (χ4n) is 2.59. The zero-order valence-electron chi connectivity index (χ0n) is 10.6. The minimum atomic E-state index is -0.223. The molecule has 1 aromatic carbocycles. The van der Waals surface area contributed by atoms with Gasteiger partial charge in [0.2, 0.25) is 0 Å². The second-order valence-corrected chi connectivity index (χ2v) is 6.58. The minimum Gasteiger partial charge on any atom is -0.311 e. The van der Waals surface area contributed by atoms with Crippen molar-refractivity contribution >= 4 is 23.4 Å². The van der Waals surface area contributed by atoms with Gasteiger partial charge >= 0.3 is 0 Å². The summed E-state index contributed by atoms with van der Waals surface area (Å²) in [7, 11) is 0. The molecule has 0 radical (unpaired) electrons. The molecule has 18 heavy (non-hydrogen) atoms. The van der Waals surface area contributed by atoms with Gasteiger partial charge in [-0.05, 0) is 31.2 Å². The molecule has 1 saturated carbocycles. The van der Waals surface area contributed by atoms with Crippen molar-refractivity contribution in [1.82, 2.24) is 5.32 Å². The van der Waals surface area contributed by atoms with Crippen molar-refractivity contribution in [3.05, 3.63) is 34.6 Å². The smallest absolute Gasteiger partial charge is 0.129 e. The average Bonchev–Trinajstić information content (AvgIpc) is 2.82. The van der Waals surface area contributed by atoms with Gasteiger partial charge in [-0.3, -0.25) is 0 Å². The van der Waals surface area contributed by atoms with Gasteiger partial charge in [0.1, 0.15) is 5.82 Å². The van der Waals surface area contributed by atoms with E-state index < -0.39 is 0 Å². The highest BCUT2D eigenvalue weighted by Crippen LogP contribution is 2.39. The quantitative estimate of drug-likeness (QED) is 0.869. The van der Waals surface area contributed by atoms with Crippen LogP contribution in [0.3, 0.4) is 0 Å². The molecule has 0 bridgehead atoms. The van der Waals surface area contributed by atoms with Gasteiger partial charge in [-0.1, -0.05) is 30.5 Å². The molecule has 4 heteroatoms. The summed E-state index contributed by atoms with van der Waals surface area (Å²) in [5.74, 6) is -0.223. The van der Waals surface area contributed by atoms with Gasteiger partial charge in [0.05, 0.1) is 0 Å². The standard InChI is InChI=1S/C14H19ClFNS/c1-18-14(7-2-3-8-14)10-17-9-11-12(15)5-4-6-13(11)16/h4-6,17H,2-3,7-10H2,1H3. The Balaban J connectivity index is 1.92. The minimum absolute atomic E-state index is 0.223. The lowest BCUT2D eigenvalue weighted by atomic mass is 10.1. The van der Waals surface area contributed by atoms with Crippen molar-refractivity contribution in [3.8, 4) is 0 Å². The maximum Gasteiger partial charge on any atom is 0.129 e. The van der Waals surface area contributed by atoms with Gasteiger partial charge in [-0.15, -0.1) is 0 Å². The van der Waals surface area contributed by atoms with E-state index in [4.69, 9.17) is 11.6 Å². The van der Waals surface area contributed by atoms with Crippen molar-refractivity contribution in [2.24, 2.45) is 0 Å². The molecule has 0 heterocycles. The van der Waals surface area contributed by atoms with E-state index >= 15 is 0 Å². The summed E-state index contributed by atoms with van der Waals surface area (Å²) in [4.78, 5) is 0. The topological polar surface area (TPSA) is 12.0 Å². The molecular weight excluding hydrogens is 269 g/mol. The largest absolute Gasteiger partial charge is 0.311 e. The molecule has 0 aromatic heterocycles. The second-order valence-electron chi connectivity index (χ2n) is 4.90. The van der Waals surface area contributed by atoms with E-state index in [-0.39, 0.29) is 5.82 Å². The van der Waals surface area contributed by atoms with E-state index in [0.717, 1.165) is 6.54 Å². The molecule has 1 aliphatic carbocycles. The Morgan fingerprint density at radius 1 is 1.39 bits per heavy atom. The summed E-state index contributed by atoms with van der Waals surface area (Å²) in [6.07, 6.45) is 7.30. The van der Waals surface area contributed by atoms with E-state index in [9.17, 15) is 4.39 Å². The van der Waals surface area contributed by atoms with Crippen LogP contribution in [0.4, 0.5) is 4.39 Å². The molecule has 1 nitrogen and oxygen atoms in total. The van der Waals surface area contributed by atoms with Crippen LogP contribution in [0.25, 0.3) is 0 Å². The number of halogens is 2. The van der Waals surface area contributed by atoms with Gasteiger partial charge < -0.3 is 5.32 Å². The molecule has 2 rings (SSSR count). The third-order valence-corrected chi connectivity index (χ3v) is 5.53. The second kappa shape index (κ2) is 6.27. The van der Waals surface area contributed by atoms with Crippen molar-refractivity contribution in [2.45, 2.75) is 37.0 Å². The summed E-state index contributed by atoms with van der Waals surface area (Å²) in [6.45, 7) is 1.44. The van der Waals surface area contributed by atoms with Crippen LogP contribution in [0.2, 0.25) is 5.02 Å². The lowest BCUT2D eigenvalue weighted by molar-refractivity contribution is 0.521. The average molecular weight is 288 g/mol. The van der Waals surface area contributed by atoms with Gasteiger partial charge in [0.15, 0.2) is 0 Å². The highest BCUT2D eigenvalue weighted by Gasteiger charge is 2.32. The molecule has 1 fully saturated rings. The molecule has 0 aliphatic heterocycles. The van der Waals surface area contributed by atoms with Crippen LogP contribution in [-0.4, -0.2) is 17.5 Å². The summed E-state index contributed by atoms with van der Waals surface area (Å²) in [5.41, 5.74) is 0.577. The fourth-order valence-corrected chi connectivity index (χ4v) is 3.76. The molecule has 0 spiro atoms. The van der Waals surface area contributed by atoms with Gasteiger partial charge in [-0.2, -0.15) is 11.8 Å². The maximum atomic E-state index is 13.6. The van der Waals surface area contributed by atoms with Crippen LogP contribution >= 0.6 is 23.4 Å². The first kappa shape index (κ1) is 14.2. The van der Waals surface area contributed by atoms with Crippen molar-refractivity contribution in [2.75, 3.05) is 12.8 Å². The van der Waals surface area contributed by atoms with E-state index in [0.29, 0.717) is 21.9 Å². The van der Waals surface area contributed by atoms with Crippen LogP contribution in [0.1, 0.15) is 31.2 Å². The van der Waals surface area contributed by atoms with Crippen molar-refractivity contribution in [3.63, 3.8) is 0 Å². The van der Waals surface area contributed by atoms with Crippen LogP contribution in [-0.2, 0) is 6.54 Å². The molecule has 0 atom stereocenters. The van der Waals surface area contributed by atoms with Crippen LogP contribution in [0, 0.1) is 5.82 Å². The van der Waals surface area contributed by atoms with Crippen molar-refractivity contribution in [1.29, 1.82) is 0 Å². The Morgan fingerprint density at radius 3 is 2.72 bits per heavy atom. The predicted octanol–water partition coefficient (Wildman–Crippen LogP) is 4.24. The van der Waals surface area contributed by atoms with Gasteiger partial charge in [0, 0.05) is 28.4 Å². The Kier molecular flexibility index (Phi) is 4.93. The van der Waals surface area contributed by atoms with E-state index in [1.54, 1.807) is 12.1 Å².